The van der Waals surface area contributed by atoms with Crippen LogP contribution in [0.1, 0.15) is 5.56 Å². The lowest BCUT2D eigenvalue weighted by atomic mass is 10.2. The highest BCUT2D eigenvalue weighted by Gasteiger charge is 2.19. The van der Waals surface area contributed by atoms with Crippen molar-refractivity contribution >= 4 is 45.3 Å². The Labute approximate surface area is 211 Å². The van der Waals surface area contributed by atoms with E-state index < -0.39 is 0 Å². The molecule has 0 aliphatic carbocycles. The van der Waals surface area contributed by atoms with Crippen LogP contribution in [0.3, 0.4) is 0 Å². The molecule has 8 nitrogen and oxygen atoms in total. The number of nitrogens with one attached hydrogen (secondary N) is 2. The second-order valence-electron chi connectivity index (χ2n) is 8.17. The first-order chi connectivity index (χ1) is 17.5. The van der Waals surface area contributed by atoms with Crippen LogP contribution in [0.5, 0.6) is 11.5 Å². The third-order valence-corrected chi connectivity index (χ3v) is 6.73. The standard InChI is InChI=1S/C27H24N4O4S/c1-16-8-10-17(11-9-16)28-23(32)15-36-27-30-24-19-6-4-5-7-20(19)29-25(24)26(33)31(27)18-12-13-21(34-2)22(14-18)35-3/h4-14,29H,15H2,1-3H3,(H,28,32). The number of thioether (sulfide) groups is 1. The summed E-state index contributed by atoms with van der Waals surface area (Å²) in [4.78, 5) is 34.5. The molecule has 0 bridgehead atoms. The van der Waals surface area contributed by atoms with Crippen LogP contribution in [-0.2, 0) is 4.79 Å². The Bertz CT molecular complexity index is 1640. The lowest BCUT2D eigenvalue weighted by Crippen LogP contribution is -2.23. The van der Waals surface area contributed by atoms with Crippen molar-refractivity contribution in [1.29, 1.82) is 0 Å². The molecule has 2 aromatic heterocycles. The van der Waals surface area contributed by atoms with Crippen molar-refractivity contribution < 1.29 is 14.3 Å². The molecular formula is C27H24N4O4S. The van der Waals surface area contributed by atoms with Crippen molar-refractivity contribution in [2.75, 3.05) is 25.3 Å². The molecule has 9 heteroatoms. The summed E-state index contributed by atoms with van der Waals surface area (Å²) in [5, 5.41) is 4.13. The molecule has 36 heavy (non-hydrogen) atoms. The highest BCUT2D eigenvalue weighted by atomic mass is 32.2. The topological polar surface area (TPSA) is 98.2 Å². The van der Waals surface area contributed by atoms with Gasteiger partial charge < -0.3 is 19.8 Å². The molecule has 0 fully saturated rings. The van der Waals surface area contributed by atoms with E-state index in [1.54, 1.807) is 25.3 Å². The van der Waals surface area contributed by atoms with Crippen molar-refractivity contribution in [3.05, 3.63) is 82.6 Å². The number of hydrogen-bond donors (Lipinski definition) is 2. The molecule has 0 aliphatic rings. The number of carbonyl (C=O) groups is 1. The molecule has 2 heterocycles. The fourth-order valence-corrected chi connectivity index (χ4v) is 4.80. The molecule has 3 aromatic carbocycles. The van der Waals surface area contributed by atoms with E-state index in [4.69, 9.17) is 14.5 Å². The number of anilines is 1. The quantitative estimate of drug-likeness (QED) is 0.243. The Morgan fingerprint density at radius 2 is 1.78 bits per heavy atom. The summed E-state index contributed by atoms with van der Waals surface area (Å²) in [5.41, 5.74) is 3.86. The number of aryl methyl sites for hydroxylation is 1. The summed E-state index contributed by atoms with van der Waals surface area (Å²) < 4.78 is 12.3. The number of ether oxygens (including phenoxy) is 2. The molecule has 0 aliphatic heterocycles. The van der Waals surface area contributed by atoms with Gasteiger partial charge in [0.1, 0.15) is 11.0 Å². The maximum absolute atomic E-state index is 13.7. The second kappa shape index (κ2) is 9.79. The van der Waals surface area contributed by atoms with Gasteiger partial charge in [-0.05, 0) is 37.3 Å². The normalized spacial score (nSPS) is 11.1. The smallest absolute Gasteiger partial charge is 0.283 e. The predicted octanol–water partition coefficient (Wildman–Crippen LogP) is 4.92. The number of nitrogens with zero attached hydrogens (tertiary/aromatic N) is 2. The summed E-state index contributed by atoms with van der Waals surface area (Å²) in [7, 11) is 3.09. The maximum Gasteiger partial charge on any atom is 0.283 e. The van der Waals surface area contributed by atoms with Gasteiger partial charge in [-0.25, -0.2) is 4.98 Å². The van der Waals surface area contributed by atoms with Crippen LogP contribution in [0.15, 0.2) is 76.7 Å². The zero-order chi connectivity index (χ0) is 25.2. The lowest BCUT2D eigenvalue weighted by molar-refractivity contribution is -0.113. The Hall–Kier alpha value is -4.24. The van der Waals surface area contributed by atoms with Crippen molar-refractivity contribution in [3.8, 4) is 17.2 Å². The predicted molar refractivity (Wildman–Crippen MR) is 143 cm³/mol. The maximum atomic E-state index is 13.7. The fourth-order valence-electron chi connectivity index (χ4n) is 3.99. The van der Waals surface area contributed by atoms with E-state index >= 15 is 0 Å². The molecule has 0 saturated carbocycles. The zero-order valence-electron chi connectivity index (χ0n) is 20.0. The average Bonchev–Trinajstić information content (AvgIpc) is 3.27. The van der Waals surface area contributed by atoms with Gasteiger partial charge in [0, 0.05) is 22.7 Å². The van der Waals surface area contributed by atoms with Crippen LogP contribution in [0.25, 0.3) is 27.6 Å². The minimum Gasteiger partial charge on any atom is -0.493 e. The zero-order valence-corrected chi connectivity index (χ0v) is 20.8. The average molecular weight is 501 g/mol. The van der Waals surface area contributed by atoms with Crippen LogP contribution in [0, 0.1) is 6.92 Å². The van der Waals surface area contributed by atoms with E-state index in [-0.39, 0.29) is 17.2 Å². The van der Waals surface area contributed by atoms with Crippen molar-refractivity contribution in [2.24, 2.45) is 0 Å². The minimum absolute atomic E-state index is 0.0709. The number of carbonyl (C=O) groups excluding carboxylic acids is 1. The van der Waals surface area contributed by atoms with E-state index in [2.05, 4.69) is 10.3 Å². The fraction of sp³-hybridized carbons (Fsp3) is 0.148. The Kier molecular flexibility index (Phi) is 6.39. The van der Waals surface area contributed by atoms with Crippen molar-refractivity contribution in [2.45, 2.75) is 12.1 Å². The summed E-state index contributed by atoms with van der Waals surface area (Å²) in [5.74, 6) is 0.893. The summed E-state index contributed by atoms with van der Waals surface area (Å²) in [6, 6.07) is 20.4. The molecule has 1 amide bonds. The van der Waals surface area contributed by atoms with E-state index in [9.17, 15) is 9.59 Å². The minimum atomic E-state index is -0.273. The molecular weight excluding hydrogens is 476 g/mol. The van der Waals surface area contributed by atoms with Crippen LogP contribution in [0.4, 0.5) is 5.69 Å². The summed E-state index contributed by atoms with van der Waals surface area (Å²) in [6.07, 6.45) is 0. The van der Waals surface area contributed by atoms with Crippen molar-refractivity contribution in [1.82, 2.24) is 14.5 Å². The van der Waals surface area contributed by atoms with Gasteiger partial charge in [-0.1, -0.05) is 47.7 Å². The molecule has 2 N–H and O–H groups in total. The van der Waals surface area contributed by atoms with Gasteiger partial charge in [-0.2, -0.15) is 0 Å². The van der Waals surface area contributed by atoms with Crippen molar-refractivity contribution in [3.63, 3.8) is 0 Å². The van der Waals surface area contributed by atoms with E-state index in [0.717, 1.165) is 16.5 Å². The van der Waals surface area contributed by atoms with E-state index in [0.29, 0.717) is 39.1 Å². The number of aromatic amines is 1. The first-order valence-electron chi connectivity index (χ1n) is 11.2. The van der Waals surface area contributed by atoms with Gasteiger partial charge in [0.2, 0.25) is 5.91 Å². The molecule has 0 radical (unpaired) electrons. The molecule has 182 valence electrons. The second-order valence-corrected chi connectivity index (χ2v) is 9.11. The highest BCUT2D eigenvalue weighted by Crippen LogP contribution is 2.31. The largest absolute Gasteiger partial charge is 0.493 e. The van der Waals surface area contributed by atoms with Crippen LogP contribution < -0.4 is 20.3 Å². The molecule has 5 aromatic rings. The van der Waals surface area contributed by atoms with Gasteiger partial charge >= 0.3 is 0 Å². The van der Waals surface area contributed by atoms with Crippen LogP contribution >= 0.6 is 11.8 Å². The van der Waals surface area contributed by atoms with E-state index in [1.807, 2.05) is 55.5 Å². The summed E-state index contributed by atoms with van der Waals surface area (Å²) >= 11 is 1.19. The number of H-pyrrole nitrogens is 1. The molecule has 0 saturated heterocycles. The van der Waals surface area contributed by atoms with Gasteiger partial charge in [0.15, 0.2) is 16.7 Å². The monoisotopic (exact) mass is 500 g/mol. The van der Waals surface area contributed by atoms with Gasteiger partial charge in [0.05, 0.1) is 25.7 Å². The first-order valence-corrected chi connectivity index (χ1v) is 12.2. The molecule has 5 rings (SSSR count). The molecule has 0 spiro atoms. The number of amides is 1. The number of rotatable bonds is 7. The third kappa shape index (κ3) is 4.40. The number of aromatic nitrogens is 3. The SMILES string of the molecule is COc1ccc(-n2c(SCC(=O)Nc3ccc(C)cc3)nc3c([nH]c4ccccc43)c2=O)cc1OC. The third-order valence-electron chi connectivity index (χ3n) is 5.79. The Morgan fingerprint density at radius 1 is 1.03 bits per heavy atom. The number of fused-ring (bicyclic) bond motifs is 3. The van der Waals surface area contributed by atoms with Gasteiger partial charge in [0.25, 0.3) is 5.56 Å². The number of benzene rings is 3. The Balaban J connectivity index is 1.58. The summed E-state index contributed by atoms with van der Waals surface area (Å²) in [6.45, 7) is 1.99. The van der Waals surface area contributed by atoms with Gasteiger partial charge in [-0.3, -0.25) is 14.2 Å². The van der Waals surface area contributed by atoms with Crippen LogP contribution in [-0.4, -0.2) is 40.4 Å². The highest BCUT2D eigenvalue weighted by molar-refractivity contribution is 7.99. The van der Waals surface area contributed by atoms with Gasteiger partial charge in [-0.15, -0.1) is 0 Å². The lowest BCUT2D eigenvalue weighted by Gasteiger charge is -2.14. The molecule has 0 unspecified atom stereocenters. The molecule has 0 atom stereocenters. The van der Waals surface area contributed by atoms with E-state index in [1.165, 1.54) is 23.4 Å². The first kappa shape index (κ1) is 23.5. The number of hydrogen-bond acceptors (Lipinski definition) is 6. The number of para-hydroxylation sites is 1. The number of methoxy groups -OCH3 is 2. The van der Waals surface area contributed by atoms with Crippen LogP contribution in [0.2, 0.25) is 0 Å². The Morgan fingerprint density at radius 3 is 2.53 bits per heavy atom.